The van der Waals surface area contributed by atoms with Crippen molar-refractivity contribution in [3.8, 4) is 0 Å². The first-order valence-corrected chi connectivity index (χ1v) is 3.85. The molecule has 0 saturated heterocycles. The Balaban J connectivity index is 2.91. The van der Waals surface area contributed by atoms with Crippen molar-refractivity contribution in [1.82, 2.24) is 0 Å². The van der Waals surface area contributed by atoms with E-state index in [1.807, 2.05) is 18.2 Å². The zero-order valence-corrected chi connectivity index (χ0v) is 7.43. The van der Waals surface area contributed by atoms with Crippen molar-refractivity contribution in [2.75, 3.05) is 12.2 Å². The lowest BCUT2D eigenvalue weighted by Crippen LogP contribution is -2.27. The standard InChI is InChI=1S/C10H11NO2/c1-3-10(12)11(13-2)9-7-5-4-6-8-9/h3-8H,1H2,2H3. The fourth-order valence-corrected chi connectivity index (χ4v) is 0.969. The van der Waals surface area contributed by atoms with E-state index < -0.39 is 0 Å². The first-order valence-electron chi connectivity index (χ1n) is 3.85. The Morgan fingerprint density at radius 3 is 2.54 bits per heavy atom. The highest BCUT2D eigenvalue weighted by Crippen LogP contribution is 2.13. The molecule has 13 heavy (non-hydrogen) atoms. The number of carbonyl (C=O) groups excluding carboxylic acids is 1. The van der Waals surface area contributed by atoms with E-state index in [2.05, 4.69) is 6.58 Å². The number of carbonyl (C=O) groups is 1. The fourth-order valence-electron chi connectivity index (χ4n) is 0.969. The molecule has 0 aliphatic rings. The number of hydrogen-bond acceptors (Lipinski definition) is 2. The molecule has 0 heterocycles. The second-order valence-corrected chi connectivity index (χ2v) is 2.35. The van der Waals surface area contributed by atoms with Gasteiger partial charge >= 0.3 is 0 Å². The third kappa shape index (κ3) is 2.16. The van der Waals surface area contributed by atoms with E-state index in [1.165, 1.54) is 18.2 Å². The first-order chi connectivity index (χ1) is 6.29. The van der Waals surface area contributed by atoms with Gasteiger partial charge in [0.25, 0.3) is 5.91 Å². The molecule has 0 fully saturated rings. The maximum Gasteiger partial charge on any atom is 0.274 e. The van der Waals surface area contributed by atoms with E-state index in [1.54, 1.807) is 12.1 Å². The normalized spacial score (nSPS) is 9.31. The van der Waals surface area contributed by atoms with Gasteiger partial charge in [0.05, 0.1) is 12.8 Å². The molecule has 0 unspecified atom stereocenters. The molecule has 1 aromatic carbocycles. The summed E-state index contributed by atoms with van der Waals surface area (Å²) in [6.45, 7) is 3.38. The molecule has 1 aromatic rings. The van der Waals surface area contributed by atoms with Gasteiger partial charge in [-0.3, -0.25) is 9.63 Å². The summed E-state index contributed by atoms with van der Waals surface area (Å²) in [6.07, 6.45) is 1.20. The predicted molar refractivity (Wildman–Crippen MR) is 51.1 cm³/mol. The zero-order chi connectivity index (χ0) is 9.68. The van der Waals surface area contributed by atoms with Gasteiger partial charge in [0.1, 0.15) is 0 Å². The molecule has 0 saturated carbocycles. The van der Waals surface area contributed by atoms with Crippen LogP contribution in [0, 0.1) is 0 Å². The molecule has 0 aromatic heterocycles. The molecule has 0 aliphatic heterocycles. The van der Waals surface area contributed by atoms with Gasteiger partial charge < -0.3 is 0 Å². The van der Waals surface area contributed by atoms with E-state index in [4.69, 9.17) is 4.84 Å². The van der Waals surface area contributed by atoms with Crippen LogP contribution in [0.2, 0.25) is 0 Å². The van der Waals surface area contributed by atoms with Gasteiger partial charge in [-0.1, -0.05) is 24.8 Å². The van der Waals surface area contributed by atoms with Crippen molar-refractivity contribution in [3.05, 3.63) is 43.0 Å². The Kier molecular flexibility index (Phi) is 3.23. The van der Waals surface area contributed by atoms with Crippen LogP contribution in [-0.4, -0.2) is 13.0 Å². The molecular weight excluding hydrogens is 166 g/mol. The Labute approximate surface area is 77.2 Å². The first kappa shape index (κ1) is 9.48. The van der Waals surface area contributed by atoms with Crippen molar-refractivity contribution >= 4 is 11.6 Å². The Morgan fingerprint density at radius 2 is 2.08 bits per heavy atom. The van der Waals surface area contributed by atoms with E-state index in [9.17, 15) is 4.79 Å². The van der Waals surface area contributed by atoms with Crippen LogP contribution in [0.5, 0.6) is 0 Å². The minimum atomic E-state index is -0.284. The maximum atomic E-state index is 11.2. The fraction of sp³-hybridized carbons (Fsp3) is 0.100. The van der Waals surface area contributed by atoms with Crippen LogP contribution in [0.1, 0.15) is 0 Å². The van der Waals surface area contributed by atoms with Gasteiger partial charge in [0, 0.05) is 0 Å². The largest absolute Gasteiger partial charge is 0.274 e. The van der Waals surface area contributed by atoms with Crippen molar-refractivity contribution in [1.29, 1.82) is 0 Å². The molecule has 0 aliphatic carbocycles. The highest BCUT2D eigenvalue weighted by molar-refractivity contribution is 5.99. The number of para-hydroxylation sites is 1. The van der Waals surface area contributed by atoms with Gasteiger partial charge in [-0.25, -0.2) is 0 Å². The Hall–Kier alpha value is -1.61. The summed E-state index contributed by atoms with van der Waals surface area (Å²) >= 11 is 0. The van der Waals surface area contributed by atoms with Crippen LogP contribution in [0.3, 0.4) is 0 Å². The summed E-state index contributed by atoms with van der Waals surface area (Å²) in [4.78, 5) is 16.1. The number of nitrogens with zero attached hydrogens (tertiary/aromatic N) is 1. The minimum absolute atomic E-state index is 0.284. The van der Waals surface area contributed by atoms with Crippen LogP contribution >= 0.6 is 0 Å². The molecule has 0 spiro atoms. The number of benzene rings is 1. The lowest BCUT2D eigenvalue weighted by atomic mass is 10.3. The molecular formula is C10H11NO2. The van der Waals surface area contributed by atoms with Gasteiger partial charge in [-0.05, 0) is 18.2 Å². The van der Waals surface area contributed by atoms with E-state index in [0.29, 0.717) is 5.69 Å². The summed E-state index contributed by atoms with van der Waals surface area (Å²) in [6, 6.07) is 9.10. The average molecular weight is 177 g/mol. The Morgan fingerprint density at radius 1 is 1.46 bits per heavy atom. The predicted octanol–water partition coefficient (Wildman–Crippen LogP) is 1.77. The molecule has 0 radical (unpaired) electrons. The number of hydroxylamine groups is 1. The van der Waals surface area contributed by atoms with Gasteiger partial charge in [-0.2, -0.15) is 5.06 Å². The van der Waals surface area contributed by atoms with Crippen molar-refractivity contribution in [2.45, 2.75) is 0 Å². The van der Waals surface area contributed by atoms with Crippen LogP contribution < -0.4 is 5.06 Å². The summed E-state index contributed by atoms with van der Waals surface area (Å²) < 4.78 is 0. The van der Waals surface area contributed by atoms with Crippen molar-refractivity contribution < 1.29 is 9.63 Å². The maximum absolute atomic E-state index is 11.2. The van der Waals surface area contributed by atoms with Crippen LogP contribution in [0.15, 0.2) is 43.0 Å². The third-order valence-electron chi connectivity index (χ3n) is 1.55. The van der Waals surface area contributed by atoms with Crippen LogP contribution in [0.25, 0.3) is 0 Å². The SMILES string of the molecule is C=CC(=O)N(OC)c1ccccc1. The number of amides is 1. The third-order valence-corrected chi connectivity index (χ3v) is 1.55. The highest BCUT2D eigenvalue weighted by atomic mass is 16.7. The monoisotopic (exact) mass is 177 g/mol. The minimum Gasteiger partial charge on any atom is -0.269 e. The highest BCUT2D eigenvalue weighted by Gasteiger charge is 2.10. The van der Waals surface area contributed by atoms with Crippen molar-refractivity contribution in [3.63, 3.8) is 0 Å². The lowest BCUT2D eigenvalue weighted by Gasteiger charge is -2.17. The number of hydrogen-bond donors (Lipinski definition) is 0. The summed E-state index contributed by atoms with van der Waals surface area (Å²) in [7, 11) is 1.44. The van der Waals surface area contributed by atoms with Gasteiger partial charge in [0.15, 0.2) is 0 Å². The number of anilines is 1. The molecule has 1 rings (SSSR count). The molecule has 68 valence electrons. The van der Waals surface area contributed by atoms with Crippen LogP contribution in [-0.2, 0) is 9.63 Å². The number of rotatable bonds is 3. The smallest absolute Gasteiger partial charge is 0.269 e. The summed E-state index contributed by atoms with van der Waals surface area (Å²) in [5.41, 5.74) is 0.690. The molecule has 0 atom stereocenters. The van der Waals surface area contributed by atoms with Gasteiger partial charge in [-0.15, -0.1) is 0 Å². The molecule has 1 amide bonds. The van der Waals surface area contributed by atoms with E-state index in [-0.39, 0.29) is 5.91 Å². The second-order valence-electron chi connectivity index (χ2n) is 2.35. The van der Waals surface area contributed by atoms with Crippen molar-refractivity contribution in [2.24, 2.45) is 0 Å². The average Bonchev–Trinajstić information content (AvgIpc) is 2.20. The second kappa shape index (κ2) is 4.42. The summed E-state index contributed by atoms with van der Waals surface area (Å²) in [5.74, 6) is -0.284. The zero-order valence-electron chi connectivity index (χ0n) is 7.43. The van der Waals surface area contributed by atoms with E-state index >= 15 is 0 Å². The topological polar surface area (TPSA) is 29.5 Å². The summed E-state index contributed by atoms with van der Waals surface area (Å²) in [5, 5.41) is 1.17. The molecule has 0 N–H and O–H groups in total. The van der Waals surface area contributed by atoms with Crippen LogP contribution in [0.4, 0.5) is 5.69 Å². The lowest BCUT2D eigenvalue weighted by molar-refractivity contribution is -0.120. The quantitative estimate of drug-likeness (QED) is 0.520. The molecule has 3 heteroatoms. The Bertz CT molecular complexity index is 295. The van der Waals surface area contributed by atoms with Gasteiger partial charge in [0.2, 0.25) is 0 Å². The van der Waals surface area contributed by atoms with E-state index in [0.717, 1.165) is 0 Å². The molecule has 3 nitrogen and oxygen atoms in total. The molecule has 0 bridgehead atoms.